The van der Waals surface area contributed by atoms with Crippen molar-refractivity contribution in [1.29, 1.82) is 0 Å². The highest BCUT2D eigenvalue weighted by Crippen LogP contribution is 2.65. The van der Waals surface area contributed by atoms with E-state index in [1.165, 1.54) is 12.5 Å². The van der Waals surface area contributed by atoms with E-state index in [9.17, 15) is 14.4 Å². The molecular formula is C26H38O5. The van der Waals surface area contributed by atoms with E-state index in [-0.39, 0.29) is 46.9 Å². The topological polar surface area (TPSA) is 80.7 Å². The molecule has 0 aromatic carbocycles. The lowest BCUT2D eigenvalue weighted by molar-refractivity contribution is -0.151. The van der Waals surface area contributed by atoms with Crippen LogP contribution in [0.25, 0.3) is 0 Å². The van der Waals surface area contributed by atoms with E-state index >= 15 is 0 Å². The van der Waals surface area contributed by atoms with Gasteiger partial charge in [-0.2, -0.15) is 0 Å². The second-order valence-electron chi connectivity index (χ2n) is 11.3. The van der Waals surface area contributed by atoms with Gasteiger partial charge in [0.25, 0.3) is 0 Å². The summed E-state index contributed by atoms with van der Waals surface area (Å²) in [5, 5.41) is 9.11. The highest BCUT2D eigenvalue weighted by molar-refractivity contribution is 5.97. The molecule has 3 saturated carbocycles. The van der Waals surface area contributed by atoms with Crippen LogP contribution in [0, 0.1) is 40.4 Å². The minimum absolute atomic E-state index is 0.0169. The standard InChI is InChI=1S/C26H38O5/c1-15(5-10-24(29)30)20-8-9-21-19-7-6-17-13-18(31-16(2)27)11-12-25(17,3)22(19)14-23(28)26(20,21)4/h14-15,17-21H,5-13H2,1-4H3,(H,29,30)/t15-,17+,18-,19?,20?,21?,25+,26-/m1/s1. The van der Waals surface area contributed by atoms with E-state index < -0.39 is 5.97 Å². The molecule has 0 bridgehead atoms. The number of fused-ring (bicyclic) bond motifs is 5. The van der Waals surface area contributed by atoms with Crippen molar-refractivity contribution in [1.82, 2.24) is 0 Å². The first kappa shape index (κ1) is 22.5. The average Bonchev–Trinajstić information content (AvgIpc) is 3.06. The first-order chi connectivity index (χ1) is 14.6. The van der Waals surface area contributed by atoms with Gasteiger partial charge in [-0.3, -0.25) is 14.4 Å². The minimum Gasteiger partial charge on any atom is -0.481 e. The molecule has 4 aliphatic carbocycles. The summed E-state index contributed by atoms with van der Waals surface area (Å²) >= 11 is 0. The van der Waals surface area contributed by atoms with E-state index in [4.69, 9.17) is 9.84 Å². The van der Waals surface area contributed by atoms with E-state index in [0.717, 1.165) is 44.9 Å². The number of allylic oxidation sites excluding steroid dienone is 2. The number of carboxylic acid groups (broad SMARTS) is 1. The molecule has 0 heterocycles. The van der Waals surface area contributed by atoms with Crippen LogP contribution < -0.4 is 0 Å². The third-order valence-corrected chi connectivity index (χ3v) is 9.78. The third-order valence-electron chi connectivity index (χ3n) is 9.78. The van der Waals surface area contributed by atoms with Gasteiger partial charge in [0, 0.05) is 18.8 Å². The summed E-state index contributed by atoms with van der Waals surface area (Å²) < 4.78 is 5.54. The number of carbonyl (C=O) groups is 3. The Labute approximate surface area is 186 Å². The maximum absolute atomic E-state index is 13.7. The summed E-state index contributed by atoms with van der Waals surface area (Å²) in [6, 6.07) is 0. The Morgan fingerprint density at radius 2 is 1.94 bits per heavy atom. The number of carbonyl (C=O) groups excluding carboxylic acids is 2. The molecule has 0 spiro atoms. The lowest BCUT2D eigenvalue weighted by Gasteiger charge is -2.56. The van der Waals surface area contributed by atoms with Crippen LogP contribution in [-0.2, 0) is 19.1 Å². The van der Waals surface area contributed by atoms with Crippen LogP contribution in [-0.4, -0.2) is 28.9 Å². The number of carboxylic acids is 1. The highest BCUT2D eigenvalue weighted by atomic mass is 16.5. The molecule has 1 N–H and O–H groups in total. The maximum atomic E-state index is 13.7. The number of ether oxygens (including phenoxy) is 1. The van der Waals surface area contributed by atoms with Gasteiger partial charge in [0.2, 0.25) is 0 Å². The largest absolute Gasteiger partial charge is 0.481 e. The molecule has 0 radical (unpaired) electrons. The number of aliphatic carboxylic acids is 1. The lowest BCUT2D eigenvalue weighted by atomic mass is 9.48. The predicted octanol–water partition coefficient (Wildman–Crippen LogP) is 5.18. The molecule has 4 aliphatic rings. The van der Waals surface area contributed by atoms with E-state index in [1.807, 2.05) is 6.08 Å². The molecule has 4 rings (SSSR count). The smallest absolute Gasteiger partial charge is 0.303 e. The zero-order chi connectivity index (χ0) is 22.6. The van der Waals surface area contributed by atoms with Crippen LogP contribution in [0.4, 0.5) is 0 Å². The summed E-state index contributed by atoms with van der Waals surface area (Å²) in [7, 11) is 0. The lowest BCUT2D eigenvalue weighted by Crippen LogP contribution is -2.52. The van der Waals surface area contributed by atoms with Crippen molar-refractivity contribution in [3.8, 4) is 0 Å². The molecule has 3 fully saturated rings. The number of ketones is 1. The summed E-state index contributed by atoms with van der Waals surface area (Å²) in [6.07, 6.45) is 9.97. The summed E-state index contributed by atoms with van der Waals surface area (Å²) in [5.74, 6) is 1.16. The van der Waals surface area contributed by atoms with Crippen molar-refractivity contribution in [2.45, 2.75) is 91.6 Å². The second kappa shape index (κ2) is 8.04. The van der Waals surface area contributed by atoms with Crippen molar-refractivity contribution >= 4 is 17.7 Å². The van der Waals surface area contributed by atoms with Crippen LogP contribution in [0.1, 0.15) is 85.5 Å². The molecule has 0 saturated heterocycles. The van der Waals surface area contributed by atoms with Crippen molar-refractivity contribution in [2.24, 2.45) is 40.4 Å². The van der Waals surface area contributed by atoms with Gasteiger partial charge < -0.3 is 9.84 Å². The Hall–Kier alpha value is -1.65. The molecule has 0 amide bonds. The van der Waals surface area contributed by atoms with Gasteiger partial charge in [-0.15, -0.1) is 0 Å². The van der Waals surface area contributed by atoms with Crippen molar-refractivity contribution < 1.29 is 24.2 Å². The number of hydrogen-bond donors (Lipinski definition) is 1. The first-order valence-corrected chi connectivity index (χ1v) is 12.2. The molecule has 172 valence electrons. The van der Waals surface area contributed by atoms with Gasteiger partial charge in [-0.1, -0.05) is 26.3 Å². The van der Waals surface area contributed by atoms with E-state index in [2.05, 4.69) is 20.8 Å². The van der Waals surface area contributed by atoms with Crippen molar-refractivity contribution in [3.63, 3.8) is 0 Å². The molecule has 31 heavy (non-hydrogen) atoms. The average molecular weight is 431 g/mol. The fourth-order valence-electron chi connectivity index (χ4n) is 8.11. The Morgan fingerprint density at radius 3 is 2.61 bits per heavy atom. The van der Waals surface area contributed by atoms with Gasteiger partial charge >= 0.3 is 11.9 Å². The summed E-state index contributed by atoms with van der Waals surface area (Å²) in [6.45, 7) is 8.15. The zero-order valence-corrected chi connectivity index (χ0v) is 19.5. The molecule has 0 aromatic heterocycles. The molecule has 0 aromatic rings. The van der Waals surface area contributed by atoms with E-state index in [0.29, 0.717) is 24.2 Å². The molecule has 0 aliphatic heterocycles. The Kier molecular flexibility index (Phi) is 5.85. The van der Waals surface area contributed by atoms with Crippen LogP contribution in [0.3, 0.4) is 0 Å². The van der Waals surface area contributed by atoms with E-state index in [1.54, 1.807) is 0 Å². The Balaban J connectivity index is 1.58. The molecule has 5 nitrogen and oxygen atoms in total. The van der Waals surface area contributed by atoms with Gasteiger partial charge in [-0.25, -0.2) is 0 Å². The molecule has 5 heteroatoms. The van der Waals surface area contributed by atoms with Gasteiger partial charge in [0.1, 0.15) is 6.10 Å². The number of rotatable bonds is 5. The third kappa shape index (κ3) is 3.66. The minimum atomic E-state index is -0.751. The first-order valence-electron chi connectivity index (χ1n) is 12.2. The summed E-state index contributed by atoms with van der Waals surface area (Å²) in [5.41, 5.74) is 1.05. The number of esters is 1. The normalized spacial score (nSPS) is 42.6. The zero-order valence-electron chi connectivity index (χ0n) is 19.5. The van der Waals surface area contributed by atoms with Crippen LogP contribution in [0.2, 0.25) is 0 Å². The SMILES string of the molecule is CC(=O)O[C@@H]1CC[C@]2(C)C3=CC(=O)[C@@]4(C)C(CCC4[C@H](C)CCC(=O)O)C3CC[C@H]2C1. The summed E-state index contributed by atoms with van der Waals surface area (Å²) in [4.78, 5) is 36.2. The van der Waals surface area contributed by atoms with Gasteiger partial charge in [0.15, 0.2) is 5.78 Å². The Bertz CT molecular complexity index is 800. The molecule has 3 unspecified atom stereocenters. The fourth-order valence-corrected chi connectivity index (χ4v) is 8.11. The molecule has 8 atom stereocenters. The van der Waals surface area contributed by atoms with Crippen LogP contribution in [0.15, 0.2) is 11.6 Å². The van der Waals surface area contributed by atoms with Gasteiger partial charge in [-0.05, 0) is 92.4 Å². The maximum Gasteiger partial charge on any atom is 0.303 e. The quantitative estimate of drug-likeness (QED) is 0.608. The monoisotopic (exact) mass is 430 g/mol. The van der Waals surface area contributed by atoms with Crippen molar-refractivity contribution in [3.05, 3.63) is 11.6 Å². The van der Waals surface area contributed by atoms with Crippen LogP contribution >= 0.6 is 0 Å². The fraction of sp³-hybridized carbons (Fsp3) is 0.808. The van der Waals surface area contributed by atoms with Gasteiger partial charge in [0.05, 0.1) is 0 Å². The number of hydrogen-bond acceptors (Lipinski definition) is 4. The highest BCUT2D eigenvalue weighted by Gasteiger charge is 2.61. The molecular weight excluding hydrogens is 392 g/mol. The van der Waals surface area contributed by atoms with Crippen LogP contribution in [0.5, 0.6) is 0 Å². The predicted molar refractivity (Wildman–Crippen MR) is 117 cm³/mol. The Morgan fingerprint density at radius 1 is 1.19 bits per heavy atom. The second-order valence-corrected chi connectivity index (χ2v) is 11.3. The van der Waals surface area contributed by atoms with Crippen molar-refractivity contribution in [2.75, 3.05) is 0 Å².